The molecule has 1 aliphatic rings. The van der Waals surface area contributed by atoms with Gasteiger partial charge in [0.05, 0.1) is 25.5 Å². The van der Waals surface area contributed by atoms with Gasteiger partial charge in [-0.3, -0.25) is 9.69 Å². The summed E-state index contributed by atoms with van der Waals surface area (Å²) in [5.74, 6) is 0.847. The maximum atomic E-state index is 12.8. The van der Waals surface area contributed by atoms with Gasteiger partial charge in [-0.05, 0) is 44.0 Å². The van der Waals surface area contributed by atoms with Crippen molar-refractivity contribution in [3.63, 3.8) is 0 Å². The monoisotopic (exact) mass is 342 g/mol. The highest BCUT2D eigenvalue weighted by Gasteiger charge is 2.25. The Morgan fingerprint density at radius 2 is 1.88 bits per heavy atom. The van der Waals surface area contributed by atoms with Crippen molar-refractivity contribution in [3.05, 3.63) is 58.5 Å². The largest absolute Gasteiger partial charge is 0.468 e. The van der Waals surface area contributed by atoms with E-state index in [1.165, 1.54) is 5.56 Å². The average Bonchev–Trinajstić information content (AvgIpc) is 3.09. The van der Waals surface area contributed by atoms with Gasteiger partial charge in [0.2, 0.25) is 0 Å². The lowest BCUT2D eigenvalue weighted by atomic mass is 9.99. The lowest BCUT2D eigenvalue weighted by Crippen LogP contribution is -2.43. The molecule has 5 nitrogen and oxygen atoms in total. The molecule has 0 saturated carbocycles. The Hall–Kier alpha value is -2.11. The van der Waals surface area contributed by atoms with Gasteiger partial charge in [0.1, 0.15) is 5.76 Å². The van der Waals surface area contributed by atoms with E-state index in [2.05, 4.69) is 10.2 Å². The molecule has 1 saturated heterocycles. The van der Waals surface area contributed by atoms with Crippen LogP contribution in [0.1, 0.15) is 38.9 Å². The first-order valence-corrected chi connectivity index (χ1v) is 8.77. The van der Waals surface area contributed by atoms with E-state index < -0.39 is 0 Å². The number of morpholine rings is 1. The molecule has 5 heteroatoms. The second-order valence-corrected chi connectivity index (χ2v) is 6.66. The van der Waals surface area contributed by atoms with Gasteiger partial charge in [0, 0.05) is 25.2 Å². The summed E-state index contributed by atoms with van der Waals surface area (Å²) in [5, 5.41) is 3.10. The summed E-state index contributed by atoms with van der Waals surface area (Å²) < 4.78 is 11.1. The van der Waals surface area contributed by atoms with Crippen LogP contribution in [0.25, 0.3) is 0 Å². The molecule has 25 heavy (non-hydrogen) atoms. The van der Waals surface area contributed by atoms with Gasteiger partial charge in [0.25, 0.3) is 5.91 Å². The quantitative estimate of drug-likeness (QED) is 0.907. The Labute approximate surface area is 149 Å². The van der Waals surface area contributed by atoms with Crippen LogP contribution in [0.4, 0.5) is 0 Å². The summed E-state index contributed by atoms with van der Waals surface area (Å²) in [6.07, 6.45) is 1.68. The third-order valence-corrected chi connectivity index (χ3v) is 4.72. The number of nitrogens with zero attached hydrogens (tertiary/aromatic N) is 1. The van der Waals surface area contributed by atoms with Crippen molar-refractivity contribution in [2.45, 2.75) is 26.8 Å². The first-order valence-electron chi connectivity index (χ1n) is 8.77. The molecule has 1 aromatic carbocycles. The Morgan fingerprint density at radius 3 is 2.48 bits per heavy atom. The summed E-state index contributed by atoms with van der Waals surface area (Å²) in [4.78, 5) is 15.1. The number of benzene rings is 1. The van der Waals surface area contributed by atoms with Crippen molar-refractivity contribution < 1.29 is 13.9 Å². The van der Waals surface area contributed by atoms with Crippen molar-refractivity contribution in [3.8, 4) is 0 Å². The zero-order valence-corrected chi connectivity index (χ0v) is 15.2. The topological polar surface area (TPSA) is 54.7 Å². The molecular formula is C20H26N2O3. The Bertz CT molecular complexity index is 696. The summed E-state index contributed by atoms with van der Waals surface area (Å²) >= 11 is 0. The van der Waals surface area contributed by atoms with Crippen molar-refractivity contribution in [2.24, 2.45) is 0 Å². The van der Waals surface area contributed by atoms with Crippen LogP contribution in [0, 0.1) is 20.8 Å². The molecule has 1 fully saturated rings. The van der Waals surface area contributed by atoms with Crippen LogP contribution in [-0.4, -0.2) is 43.7 Å². The molecule has 0 bridgehead atoms. The van der Waals surface area contributed by atoms with E-state index in [4.69, 9.17) is 9.15 Å². The molecule has 0 aliphatic carbocycles. The molecule has 2 heterocycles. The van der Waals surface area contributed by atoms with Crippen LogP contribution < -0.4 is 5.32 Å². The van der Waals surface area contributed by atoms with Crippen LogP contribution in [-0.2, 0) is 4.74 Å². The fourth-order valence-corrected chi connectivity index (χ4v) is 3.60. The number of carbonyl (C=O) groups excluding carboxylic acids is 1. The molecule has 1 unspecified atom stereocenters. The molecule has 134 valence electrons. The molecular weight excluding hydrogens is 316 g/mol. The van der Waals surface area contributed by atoms with E-state index in [1.54, 1.807) is 6.26 Å². The number of nitrogens with one attached hydrogen (secondary N) is 1. The van der Waals surface area contributed by atoms with Crippen molar-refractivity contribution in [2.75, 3.05) is 32.8 Å². The number of furan rings is 1. The fourth-order valence-electron chi connectivity index (χ4n) is 3.60. The predicted molar refractivity (Wildman–Crippen MR) is 96.8 cm³/mol. The molecule has 0 spiro atoms. The third kappa shape index (κ3) is 4.11. The fraction of sp³-hybridized carbons (Fsp3) is 0.450. The van der Waals surface area contributed by atoms with Gasteiger partial charge in [-0.2, -0.15) is 0 Å². The summed E-state index contributed by atoms with van der Waals surface area (Å²) in [6.45, 7) is 9.63. The number of hydrogen-bond acceptors (Lipinski definition) is 4. The van der Waals surface area contributed by atoms with Crippen molar-refractivity contribution in [1.29, 1.82) is 0 Å². The highest BCUT2D eigenvalue weighted by atomic mass is 16.5. The number of hydrogen-bond donors (Lipinski definition) is 1. The van der Waals surface area contributed by atoms with Gasteiger partial charge in [-0.15, -0.1) is 0 Å². The highest BCUT2D eigenvalue weighted by Crippen LogP contribution is 2.22. The van der Waals surface area contributed by atoms with Gasteiger partial charge >= 0.3 is 0 Å². The summed E-state index contributed by atoms with van der Waals surface area (Å²) in [5.41, 5.74) is 3.96. The first-order chi connectivity index (χ1) is 12.1. The molecule has 2 aromatic rings. The van der Waals surface area contributed by atoms with Gasteiger partial charge in [0.15, 0.2) is 0 Å². The van der Waals surface area contributed by atoms with E-state index in [0.717, 1.165) is 35.5 Å². The van der Waals surface area contributed by atoms with E-state index in [9.17, 15) is 4.79 Å². The molecule has 1 aliphatic heterocycles. The van der Waals surface area contributed by atoms with E-state index >= 15 is 0 Å². The predicted octanol–water partition coefficient (Wildman–Crippen LogP) is 3.01. The van der Waals surface area contributed by atoms with Gasteiger partial charge in [-0.1, -0.05) is 17.7 Å². The van der Waals surface area contributed by atoms with Crippen LogP contribution >= 0.6 is 0 Å². The van der Waals surface area contributed by atoms with Crippen LogP contribution in [0.5, 0.6) is 0 Å². The zero-order chi connectivity index (χ0) is 17.8. The Kier molecular flexibility index (Phi) is 5.56. The van der Waals surface area contributed by atoms with Gasteiger partial charge < -0.3 is 14.5 Å². The number of rotatable bonds is 5. The summed E-state index contributed by atoms with van der Waals surface area (Å²) in [7, 11) is 0. The van der Waals surface area contributed by atoms with E-state index in [-0.39, 0.29) is 11.9 Å². The number of amides is 1. The van der Waals surface area contributed by atoms with Crippen molar-refractivity contribution in [1.82, 2.24) is 10.2 Å². The third-order valence-electron chi connectivity index (χ3n) is 4.72. The molecule has 3 rings (SSSR count). The minimum absolute atomic E-state index is 0.0221. The van der Waals surface area contributed by atoms with Crippen LogP contribution in [0.3, 0.4) is 0 Å². The second kappa shape index (κ2) is 7.85. The van der Waals surface area contributed by atoms with Gasteiger partial charge in [-0.25, -0.2) is 0 Å². The molecule has 1 amide bonds. The number of carbonyl (C=O) groups is 1. The molecule has 1 aromatic heterocycles. The van der Waals surface area contributed by atoms with E-state index in [0.29, 0.717) is 19.8 Å². The van der Waals surface area contributed by atoms with E-state index in [1.807, 2.05) is 45.0 Å². The second-order valence-electron chi connectivity index (χ2n) is 6.66. The Balaban J connectivity index is 1.74. The molecule has 1 atom stereocenters. The lowest BCUT2D eigenvalue weighted by Gasteiger charge is -2.33. The van der Waals surface area contributed by atoms with Crippen LogP contribution in [0.2, 0.25) is 0 Å². The SMILES string of the molecule is Cc1cc(C)c(C(=O)NCC(c2ccco2)N2CCOCC2)c(C)c1. The molecule has 0 radical (unpaired) electrons. The summed E-state index contributed by atoms with van der Waals surface area (Å²) in [6, 6.07) is 7.98. The zero-order valence-electron chi connectivity index (χ0n) is 15.2. The normalized spacial score (nSPS) is 16.6. The number of ether oxygens (including phenoxy) is 1. The average molecular weight is 342 g/mol. The van der Waals surface area contributed by atoms with Crippen molar-refractivity contribution >= 4 is 5.91 Å². The Morgan fingerprint density at radius 1 is 1.20 bits per heavy atom. The minimum Gasteiger partial charge on any atom is -0.468 e. The smallest absolute Gasteiger partial charge is 0.251 e. The lowest BCUT2D eigenvalue weighted by molar-refractivity contribution is 0.0118. The molecule has 1 N–H and O–H groups in total. The minimum atomic E-state index is -0.0279. The van der Waals surface area contributed by atoms with Crippen LogP contribution in [0.15, 0.2) is 34.9 Å². The maximum Gasteiger partial charge on any atom is 0.251 e. The highest BCUT2D eigenvalue weighted by molar-refractivity contribution is 5.97. The first kappa shape index (κ1) is 17.7. The maximum absolute atomic E-state index is 12.8. The standard InChI is InChI=1S/C20H26N2O3/c1-14-11-15(2)19(16(3)12-14)20(23)21-13-17(18-5-4-8-25-18)22-6-9-24-10-7-22/h4-5,8,11-12,17H,6-7,9-10,13H2,1-3H3,(H,21,23). The number of aryl methyl sites for hydroxylation is 3.